The van der Waals surface area contributed by atoms with E-state index in [0.717, 1.165) is 0 Å². The maximum Gasteiger partial charge on any atom is 2.00 e. The predicted octanol–water partition coefficient (Wildman–Crippen LogP) is 9.69. The topological polar surface area (TPSA) is 40.5 Å². The molecule has 0 unspecified atom stereocenters. The van der Waals surface area contributed by atoms with Crippen LogP contribution < -0.4 is 0 Å². The largest absolute Gasteiger partial charge is 2.00 e. The maximum atomic E-state index is 9.34. The van der Waals surface area contributed by atoms with Crippen molar-refractivity contribution in [3.05, 3.63) is 120 Å². The number of phenolic OH excluding ortho intramolecular Hbond substituents is 2. The smallest absolute Gasteiger partial charge is 0.508 e. The monoisotopic (exact) mass is 572 g/mol. The van der Waals surface area contributed by atoms with Crippen LogP contribution in [0.15, 0.2) is 109 Å². The molecule has 0 aromatic heterocycles. The molecule has 0 radical (unpaired) electrons. The molecule has 0 spiro atoms. The fourth-order valence-corrected chi connectivity index (χ4v) is 5.07. The van der Waals surface area contributed by atoms with Gasteiger partial charge in [0.1, 0.15) is 11.5 Å². The molecule has 4 aromatic rings. The zero-order chi connectivity index (χ0) is 25.3. The van der Waals surface area contributed by atoms with E-state index in [1.165, 1.54) is 75.3 Å². The van der Waals surface area contributed by atoms with Crippen molar-refractivity contribution in [2.75, 3.05) is 0 Å². The molecule has 0 amide bonds. The van der Waals surface area contributed by atoms with Crippen LogP contribution in [0, 0.1) is 0 Å². The maximum absolute atomic E-state index is 9.34. The first kappa shape index (κ1) is 30.8. The normalized spacial score (nSPS) is 15.4. The molecule has 0 aliphatic heterocycles. The average Bonchev–Trinajstić information content (AvgIpc) is 3.70. The molecular formula is C34H42O2Zr. The summed E-state index contributed by atoms with van der Waals surface area (Å²) in [5.41, 5.74) is 2.64. The van der Waals surface area contributed by atoms with Crippen molar-refractivity contribution < 1.29 is 36.4 Å². The third-order valence-electron chi connectivity index (χ3n) is 7.00. The van der Waals surface area contributed by atoms with Crippen molar-refractivity contribution in [1.82, 2.24) is 0 Å². The second-order valence-electron chi connectivity index (χ2n) is 9.78. The second-order valence-corrected chi connectivity index (χ2v) is 9.78. The summed E-state index contributed by atoms with van der Waals surface area (Å²) in [5.74, 6) is 2.20. The van der Waals surface area contributed by atoms with Crippen LogP contribution in [-0.2, 0) is 26.2 Å². The van der Waals surface area contributed by atoms with E-state index in [1.807, 2.05) is 84.9 Å². The zero-order valence-electron chi connectivity index (χ0n) is 22.0. The molecule has 0 heterocycles. The van der Waals surface area contributed by atoms with Crippen LogP contribution >= 0.6 is 0 Å². The first-order valence-corrected chi connectivity index (χ1v) is 13.6. The van der Waals surface area contributed by atoms with Gasteiger partial charge in [-0.15, -0.1) is 0 Å². The van der Waals surface area contributed by atoms with Gasteiger partial charge in [0, 0.05) is 0 Å². The van der Waals surface area contributed by atoms with Crippen LogP contribution in [0.3, 0.4) is 0 Å². The van der Waals surface area contributed by atoms with E-state index in [-0.39, 0.29) is 26.2 Å². The molecule has 2 saturated carbocycles. The Labute approximate surface area is 243 Å². The Morgan fingerprint density at radius 2 is 0.838 bits per heavy atom. The predicted molar refractivity (Wildman–Crippen MR) is 152 cm³/mol. The van der Waals surface area contributed by atoms with Crippen LogP contribution in [0.1, 0.15) is 87.2 Å². The Hall–Kier alpha value is -2.38. The van der Waals surface area contributed by atoms with Crippen LogP contribution in [0.5, 0.6) is 11.5 Å². The molecule has 6 rings (SSSR count). The van der Waals surface area contributed by atoms with Crippen molar-refractivity contribution >= 4 is 0 Å². The molecule has 0 atom stereocenters. The minimum Gasteiger partial charge on any atom is -0.508 e. The van der Waals surface area contributed by atoms with E-state index in [1.54, 1.807) is 12.1 Å². The number of benzene rings is 2. The third kappa shape index (κ3) is 12.6. The van der Waals surface area contributed by atoms with Crippen molar-refractivity contribution in [1.29, 1.82) is 0 Å². The quantitative estimate of drug-likeness (QED) is 0.234. The van der Waals surface area contributed by atoms with Gasteiger partial charge in [-0.1, -0.05) is 62.8 Å². The molecule has 2 fully saturated rings. The van der Waals surface area contributed by atoms with Crippen LogP contribution in [0.2, 0.25) is 0 Å². The van der Waals surface area contributed by atoms with E-state index >= 15 is 0 Å². The van der Waals surface area contributed by atoms with E-state index in [2.05, 4.69) is 12.1 Å². The number of hydrogen-bond acceptors (Lipinski definition) is 2. The van der Waals surface area contributed by atoms with E-state index in [0.29, 0.717) is 23.3 Å². The summed E-state index contributed by atoms with van der Waals surface area (Å²) >= 11 is 0. The van der Waals surface area contributed by atoms with Crippen LogP contribution in [0.4, 0.5) is 0 Å². The molecule has 37 heavy (non-hydrogen) atoms. The number of rotatable bonds is 2. The number of hydrogen-bond donors (Lipinski definition) is 2. The van der Waals surface area contributed by atoms with Crippen LogP contribution in [-0.4, -0.2) is 10.2 Å². The first-order valence-electron chi connectivity index (χ1n) is 13.6. The summed E-state index contributed by atoms with van der Waals surface area (Å²) < 4.78 is 0. The molecule has 4 aromatic carbocycles. The van der Waals surface area contributed by atoms with Crippen molar-refractivity contribution in [2.24, 2.45) is 0 Å². The van der Waals surface area contributed by atoms with E-state index in [4.69, 9.17) is 0 Å². The minimum atomic E-state index is 0. The first-order chi connectivity index (χ1) is 17.7. The molecule has 0 bridgehead atoms. The Bertz CT molecular complexity index is 907. The van der Waals surface area contributed by atoms with Gasteiger partial charge in [-0.05, 0) is 72.9 Å². The fraction of sp³-hybridized carbons (Fsp3) is 0.353. The summed E-state index contributed by atoms with van der Waals surface area (Å²) in [4.78, 5) is 0. The Kier molecular flexibility index (Phi) is 15.7. The van der Waals surface area contributed by atoms with Gasteiger partial charge in [0.05, 0.1) is 0 Å². The summed E-state index contributed by atoms with van der Waals surface area (Å²) in [7, 11) is 0. The molecule has 2 nitrogen and oxygen atoms in total. The minimum absolute atomic E-state index is 0. The Balaban J connectivity index is 0.000000187. The molecule has 2 aliphatic rings. The summed E-state index contributed by atoms with van der Waals surface area (Å²) in [6.45, 7) is 0. The standard InChI is InChI=1S/2C12H16O.2C5H5.Zr/c2*13-12-8-4-7-11(9-12)10-5-2-1-3-6-10;2*1-2-4-5-3-1;/h2*4,7-10,13H,1-3,5-6H2;2*1-5H;/q;;2*-1;+2. The molecule has 3 heteroatoms. The van der Waals surface area contributed by atoms with Gasteiger partial charge in [-0.25, -0.2) is 24.3 Å². The van der Waals surface area contributed by atoms with Gasteiger partial charge in [0.2, 0.25) is 0 Å². The van der Waals surface area contributed by atoms with Gasteiger partial charge in [0.15, 0.2) is 0 Å². The Morgan fingerprint density at radius 3 is 1.11 bits per heavy atom. The molecule has 0 saturated heterocycles. The Morgan fingerprint density at radius 1 is 0.486 bits per heavy atom. The van der Waals surface area contributed by atoms with Crippen LogP contribution in [0.25, 0.3) is 0 Å². The molecule has 2 aliphatic carbocycles. The second kappa shape index (κ2) is 18.8. The van der Waals surface area contributed by atoms with Crippen molar-refractivity contribution in [2.45, 2.75) is 76.0 Å². The van der Waals surface area contributed by atoms with Crippen molar-refractivity contribution in [3.63, 3.8) is 0 Å². The van der Waals surface area contributed by atoms with Gasteiger partial charge in [-0.2, -0.15) is 36.4 Å². The van der Waals surface area contributed by atoms with Gasteiger partial charge >= 0.3 is 26.2 Å². The summed E-state index contributed by atoms with van der Waals surface area (Å²) in [5, 5.41) is 18.7. The van der Waals surface area contributed by atoms with Gasteiger partial charge in [-0.3, -0.25) is 0 Å². The summed E-state index contributed by atoms with van der Waals surface area (Å²) in [6.07, 6.45) is 13.3. The number of phenols is 2. The fourth-order valence-electron chi connectivity index (χ4n) is 5.07. The van der Waals surface area contributed by atoms with Gasteiger partial charge < -0.3 is 10.2 Å². The number of aromatic hydroxyl groups is 2. The SMILES string of the molecule is Oc1cccc(C2CCCCC2)c1.Oc1cccc(C2CCCCC2)c1.[Zr+2].c1cc[cH-]c1.c1cc[cH-]c1. The molecule has 194 valence electrons. The molecular weight excluding hydrogens is 532 g/mol. The van der Waals surface area contributed by atoms with E-state index < -0.39 is 0 Å². The third-order valence-corrected chi connectivity index (χ3v) is 7.00. The van der Waals surface area contributed by atoms with Gasteiger partial charge in [0.25, 0.3) is 0 Å². The zero-order valence-corrected chi connectivity index (χ0v) is 24.5. The average molecular weight is 574 g/mol. The molecule has 2 N–H and O–H groups in total. The van der Waals surface area contributed by atoms with E-state index in [9.17, 15) is 10.2 Å². The summed E-state index contributed by atoms with van der Waals surface area (Å²) in [6, 6.07) is 35.5. The van der Waals surface area contributed by atoms with Crippen molar-refractivity contribution in [3.8, 4) is 11.5 Å².